The maximum atomic E-state index is 12.0. The maximum absolute atomic E-state index is 12.0. The fraction of sp³-hybridized carbons (Fsp3) is 0.545. The number of hydrogen-bond donors (Lipinski definition) is 2. The molecule has 0 aliphatic carbocycles. The van der Waals surface area contributed by atoms with Gasteiger partial charge in [0.2, 0.25) is 0 Å². The van der Waals surface area contributed by atoms with Gasteiger partial charge in [0.15, 0.2) is 5.03 Å². The number of nitrogens with one attached hydrogen (secondary N) is 1. The van der Waals surface area contributed by atoms with E-state index >= 15 is 0 Å². The normalized spacial score (nSPS) is 13.4. The lowest BCUT2D eigenvalue weighted by Crippen LogP contribution is -2.35. The molecular weight excluding hydrogens is 270 g/mol. The Bertz CT molecular complexity index is 475. The van der Waals surface area contributed by atoms with Gasteiger partial charge in [-0.1, -0.05) is 6.07 Å². The summed E-state index contributed by atoms with van der Waals surface area (Å²) in [5, 5.41) is -0.0445. The number of ether oxygens (including phenoxy) is 2. The van der Waals surface area contributed by atoms with Crippen molar-refractivity contribution < 1.29 is 17.9 Å². The summed E-state index contributed by atoms with van der Waals surface area (Å²) in [6, 6.07) is 3.05. The lowest BCUT2D eigenvalue weighted by Gasteiger charge is -2.14. The highest BCUT2D eigenvalue weighted by atomic mass is 32.2. The van der Waals surface area contributed by atoms with E-state index in [1.165, 1.54) is 26.5 Å². The van der Waals surface area contributed by atoms with Crippen molar-refractivity contribution in [2.75, 3.05) is 27.4 Å². The SMILES string of the molecule is COCC(CNS(=O)(=O)c1ccc(CN)cn1)OC. The molecule has 1 rings (SSSR count). The van der Waals surface area contributed by atoms with Crippen LogP contribution in [-0.2, 0) is 26.0 Å². The van der Waals surface area contributed by atoms with Gasteiger partial charge in [0, 0.05) is 33.5 Å². The Morgan fingerprint density at radius 1 is 1.42 bits per heavy atom. The summed E-state index contributed by atoms with van der Waals surface area (Å²) in [7, 11) is -0.632. The molecule has 0 spiro atoms. The van der Waals surface area contributed by atoms with Crippen LogP contribution < -0.4 is 10.5 Å². The van der Waals surface area contributed by atoms with Crippen molar-refractivity contribution in [3.63, 3.8) is 0 Å². The van der Waals surface area contributed by atoms with Crippen molar-refractivity contribution >= 4 is 10.0 Å². The second-order valence-electron chi connectivity index (χ2n) is 3.87. The van der Waals surface area contributed by atoms with E-state index in [1.807, 2.05) is 0 Å². The minimum Gasteiger partial charge on any atom is -0.382 e. The van der Waals surface area contributed by atoms with Crippen molar-refractivity contribution in [1.82, 2.24) is 9.71 Å². The van der Waals surface area contributed by atoms with Gasteiger partial charge in [-0.2, -0.15) is 0 Å². The fourth-order valence-corrected chi connectivity index (χ4v) is 2.36. The number of methoxy groups -OCH3 is 2. The third kappa shape index (κ3) is 4.84. The molecule has 7 nitrogen and oxygen atoms in total. The predicted molar refractivity (Wildman–Crippen MR) is 70.0 cm³/mol. The first-order valence-electron chi connectivity index (χ1n) is 5.70. The van der Waals surface area contributed by atoms with Gasteiger partial charge in [0.05, 0.1) is 12.7 Å². The lowest BCUT2D eigenvalue weighted by molar-refractivity contribution is 0.0320. The van der Waals surface area contributed by atoms with Crippen LogP contribution in [-0.4, -0.2) is 46.9 Å². The Balaban J connectivity index is 2.69. The summed E-state index contributed by atoms with van der Waals surface area (Å²) in [5.41, 5.74) is 6.19. The topological polar surface area (TPSA) is 104 Å². The van der Waals surface area contributed by atoms with Gasteiger partial charge >= 0.3 is 0 Å². The zero-order chi connectivity index (χ0) is 14.3. The molecule has 0 fully saturated rings. The van der Waals surface area contributed by atoms with E-state index in [4.69, 9.17) is 15.2 Å². The molecule has 0 amide bonds. The molecule has 0 aliphatic heterocycles. The smallest absolute Gasteiger partial charge is 0.258 e. The number of pyridine rings is 1. The van der Waals surface area contributed by atoms with Gasteiger partial charge in [-0.3, -0.25) is 0 Å². The third-order valence-corrected chi connectivity index (χ3v) is 3.83. The molecule has 19 heavy (non-hydrogen) atoms. The van der Waals surface area contributed by atoms with Crippen LogP contribution in [0.15, 0.2) is 23.4 Å². The van der Waals surface area contributed by atoms with Crippen molar-refractivity contribution in [3.05, 3.63) is 23.9 Å². The first-order valence-corrected chi connectivity index (χ1v) is 7.18. The van der Waals surface area contributed by atoms with E-state index in [0.29, 0.717) is 13.2 Å². The van der Waals surface area contributed by atoms with Crippen molar-refractivity contribution in [1.29, 1.82) is 0 Å². The zero-order valence-electron chi connectivity index (χ0n) is 11.0. The number of nitrogens with zero attached hydrogens (tertiary/aromatic N) is 1. The molecule has 8 heteroatoms. The summed E-state index contributed by atoms with van der Waals surface area (Å²) >= 11 is 0. The molecular formula is C11H19N3O4S. The van der Waals surface area contributed by atoms with E-state index in [0.717, 1.165) is 5.56 Å². The highest BCUT2D eigenvalue weighted by molar-refractivity contribution is 7.89. The highest BCUT2D eigenvalue weighted by Crippen LogP contribution is 2.06. The molecule has 108 valence electrons. The van der Waals surface area contributed by atoms with Gasteiger partial charge in [0.25, 0.3) is 10.0 Å². The van der Waals surface area contributed by atoms with Crippen LogP contribution in [0, 0.1) is 0 Å². The number of sulfonamides is 1. The van der Waals surface area contributed by atoms with Gasteiger partial charge in [0.1, 0.15) is 0 Å². The second kappa shape index (κ2) is 7.51. The summed E-state index contributed by atoms with van der Waals surface area (Å²) < 4.78 is 36.3. The average molecular weight is 289 g/mol. The van der Waals surface area contributed by atoms with Crippen LogP contribution in [0.4, 0.5) is 0 Å². The zero-order valence-corrected chi connectivity index (χ0v) is 11.8. The number of rotatable bonds is 8. The summed E-state index contributed by atoms with van der Waals surface area (Å²) in [5.74, 6) is 0. The molecule has 0 aliphatic rings. The molecule has 0 bridgehead atoms. The first kappa shape index (κ1) is 16.0. The number of aromatic nitrogens is 1. The molecule has 0 saturated carbocycles. The van der Waals surface area contributed by atoms with Crippen molar-refractivity contribution in [3.8, 4) is 0 Å². The van der Waals surface area contributed by atoms with E-state index < -0.39 is 10.0 Å². The minimum atomic E-state index is -3.65. The van der Waals surface area contributed by atoms with E-state index in [-0.39, 0.29) is 17.7 Å². The van der Waals surface area contributed by atoms with Crippen molar-refractivity contribution in [2.45, 2.75) is 17.7 Å². The third-order valence-electron chi connectivity index (χ3n) is 2.50. The average Bonchev–Trinajstić information content (AvgIpc) is 2.43. The van der Waals surface area contributed by atoms with Crippen LogP contribution in [0.1, 0.15) is 5.56 Å². The van der Waals surface area contributed by atoms with E-state index in [9.17, 15) is 8.42 Å². The van der Waals surface area contributed by atoms with Gasteiger partial charge in [-0.15, -0.1) is 0 Å². The molecule has 0 saturated heterocycles. The largest absolute Gasteiger partial charge is 0.382 e. The summed E-state index contributed by atoms with van der Waals surface area (Å²) in [6.45, 7) is 0.742. The van der Waals surface area contributed by atoms with Crippen LogP contribution in [0.3, 0.4) is 0 Å². The molecule has 1 aromatic heterocycles. The highest BCUT2D eigenvalue weighted by Gasteiger charge is 2.17. The molecule has 1 atom stereocenters. The second-order valence-corrected chi connectivity index (χ2v) is 5.59. The molecule has 1 unspecified atom stereocenters. The molecule has 1 aromatic rings. The van der Waals surface area contributed by atoms with Crippen LogP contribution in [0.5, 0.6) is 0 Å². The Kier molecular flexibility index (Phi) is 6.32. The standard InChI is InChI=1S/C11H19N3O4S/c1-17-8-10(18-2)7-14-19(15,16)11-4-3-9(5-12)6-13-11/h3-4,6,10,14H,5,7-8,12H2,1-2H3. The first-order chi connectivity index (χ1) is 9.03. The van der Waals surface area contributed by atoms with Crippen LogP contribution >= 0.6 is 0 Å². The quantitative estimate of drug-likeness (QED) is 0.667. The fourth-order valence-electron chi connectivity index (χ4n) is 1.36. The van der Waals surface area contributed by atoms with E-state index in [1.54, 1.807) is 6.07 Å². The predicted octanol–water partition coefficient (Wildman–Crippen LogP) is -0.520. The molecule has 0 aromatic carbocycles. The summed E-state index contributed by atoms with van der Waals surface area (Å²) in [4.78, 5) is 3.87. The maximum Gasteiger partial charge on any atom is 0.258 e. The Morgan fingerprint density at radius 2 is 2.16 bits per heavy atom. The van der Waals surface area contributed by atoms with E-state index in [2.05, 4.69) is 9.71 Å². The Morgan fingerprint density at radius 3 is 2.63 bits per heavy atom. The van der Waals surface area contributed by atoms with Crippen LogP contribution in [0.25, 0.3) is 0 Å². The van der Waals surface area contributed by atoms with Crippen molar-refractivity contribution in [2.24, 2.45) is 5.73 Å². The summed E-state index contributed by atoms with van der Waals surface area (Å²) in [6.07, 6.45) is 1.10. The molecule has 1 heterocycles. The lowest BCUT2D eigenvalue weighted by atomic mass is 10.3. The van der Waals surface area contributed by atoms with Gasteiger partial charge in [-0.25, -0.2) is 18.1 Å². The van der Waals surface area contributed by atoms with Crippen LogP contribution in [0.2, 0.25) is 0 Å². The number of hydrogen-bond acceptors (Lipinski definition) is 6. The Hall–Kier alpha value is -1.06. The van der Waals surface area contributed by atoms with Gasteiger partial charge < -0.3 is 15.2 Å². The number of nitrogens with two attached hydrogens (primary N) is 1. The monoisotopic (exact) mass is 289 g/mol. The molecule has 3 N–H and O–H groups in total. The molecule has 0 radical (unpaired) electrons. The minimum absolute atomic E-state index is 0.0445. The van der Waals surface area contributed by atoms with Gasteiger partial charge in [-0.05, 0) is 11.6 Å². The Labute approximate surface area is 113 Å².